The molecule has 0 saturated carbocycles. The third-order valence-electron chi connectivity index (χ3n) is 2.29. The predicted molar refractivity (Wildman–Crippen MR) is 52.3 cm³/mol. The lowest BCUT2D eigenvalue weighted by molar-refractivity contribution is 0.206. The Hall–Kier alpha value is -0.0100. The van der Waals surface area contributed by atoms with Gasteiger partial charge in [-0.3, -0.25) is 0 Å². The van der Waals surface area contributed by atoms with Gasteiger partial charge in [0.1, 0.15) is 0 Å². The van der Waals surface area contributed by atoms with Crippen LogP contribution in [0.2, 0.25) is 0 Å². The van der Waals surface area contributed by atoms with E-state index in [9.17, 15) is 5.11 Å². The van der Waals surface area contributed by atoms with Crippen molar-refractivity contribution >= 4 is 11.6 Å². The minimum Gasteiger partial charge on any atom is -0.389 e. The van der Waals surface area contributed by atoms with Crippen molar-refractivity contribution in [1.82, 2.24) is 0 Å². The second-order valence-corrected chi connectivity index (χ2v) is 3.97. The molecule has 70 valence electrons. The molecule has 0 aromatic rings. The molecule has 1 nitrogen and oxygen atoms in total. The van der Waals surface area contributed by atoms with Gasteiger partial charge in [0.2, 0.25) is 0 Å². The van der Waals surface area contributed by atoms with Gasteiger partial charge in [-0.1, -0.05) is 37.3 Å². The van der Waals surface area contributed by atoms with Gasteiger partial charge in [-0.05, 0) is 25.3 Å². The predicted octanol–water partition coefficient (Wildman–Crippen LogP) is 3.21. The third-order valence-corrected chi connectivity index (χ3v) is 2.60. The van der Waals surface area contributed by atoms with Crippen LogP contribution in [0.15, 0.2) is 11.1 Å². The van der Waals surface area contributed by atoms with E-state index < -0.39 is 0 Å². The quantitative estimate of drug-likeness (QED) is 0.619. The summed E-state index contributed by atoms with van der Waals surface area (Å²) < 4.78 is 0. The molecule has 0 fully saturated rings. The number of hydrogen-bond donors (Lipinski definition) is 1. The molecule has 1 unspecified atom stereocenters. The smallest absolute Gasteiger partial charge is 0.0735 e. The maximum Gasteiger partial charge on any atom is 0.0735 e. The van der Waals surface area contributed by atoms with Crippen LogP contribution in [-0.2, 0) is 0 Å². The lowest BCUT2D eigenvalue weighted by Crippen LogP contribution is -2.03. The van der Waals surface area contributed by atoms with Gasteiger partial charge in [-0.15, -0.1) is 0 Å². The zero-order valence-electron chi connectivity index (χ0n) is 7.43. The van der Waals surface area contributed by atoms with Crippen LogP contribution in [-0.4, -0.2) is 11.2 Å². The normalized spacial score (nSPS) is 32.2. The standard InChI is InChI=1S/C10H17ClO/c11-9-6-4-2-1-3-5-7-10(12)8-9/h8,10,12H,1-7H2/b9-8-. The van der Waals surface area contributed by atoms with Gasteiger partial charge in [0.15, 0.2) is 0 Å². The van der Waals surface area contributed by atoms with Crippen molar-refractivity contribution in [2.45, 2.75) is 51.0 Å². The fourth-order valence-corrected chi connectivity index (χ4v) is 1.83. The number of rotatable bonds is 0. The third kappa shape index (κ3) is 4.13. The average molecular weight is 189 g/mol. The van der Waals surface area contributed by atoms with E-state index in [2.05, 4.69) is 0 Å². The molecule has 12 heavy (non-hydrogen) atoms. The van der Waals surface area contributed by atoms with Crippen molar-refractivity contribution in [2.24, 2.45) is 0 Å². The fraction of sp³-hybridized carbons (Fsp3) is 0.800. The highest BCUT2D eigenvalue weighted by molar-refractivity contribution is 6.29. The number of allylic oxidation sites excluding steroid dienone is 1. The molecule has 1 aliphatic carbocycles. The molecule has 0 amide bonds. The first-order chi connectivity index (χ1) is 5.79. The maximum atomic E-state index is 9.44. The molecule has 0 radical (unpaired) electrons. The first-order valence-corrected chi connectivity index (χ1v) is 5.21. The van der Waals surface area contributed by atoms with E-state index in [1.54, 1.807) is 6.08 Å². The highest BCUT2D eigenvalue weighted by atomic mass is 35.5. The van der Waals surface area contributed by atoms with Crippen molar-refractivity contribution in [3.05, 3.63) is 11.1 Å². The highest BCUT2D eigenvalue weighted by Gasteiger charge is 2.04. The zero-order valence-corrected chi connectivity index (χ0v) is 8.19. The van der Waals surface area contributed by atoms with Crippen molar-refractivity contribution in [1.29, 1.82) is 0 Å². The molecular weight excluding hydrogens is 172 g/mol. The average Bonchev–Trinajstić information content (AvgIpc) is 2.02. The minimum absolute atomic E-state index is 0.310. The Bertz CT molecular complexity index is 154. The van der Waals surface area contributed by atoms with Gasteiger partial charge in [-0.25, -0.2) is 0 Å². The van der Waals surface area contributed by atoms with E-state index in [0.29, 0.717) is 0 Å². The first kappa shape index (κ1) is 10.1. The molecule has 0 aliphatic heterocycles. The van der Waals surface area contributed by atoms with Crippen LogP contribution in [0.5, 0.6) is 0 Å². The lowest BCUT2D eigenvalue weighted by atomic mass is 10.0. The molecule has 0 bridgehead atoms. The molecule has 0 aromatic heterocycles. The number of aliphatic hydroxyl groups is 1. The van der Waals surface area contributed by atoms with Gasteiger partial charge >= 0.3 is 0 Å². The van der Waals surface area contributed by atoms with Crippen molar-refractivity contribution in [3.63, 3.8) is 0 Å². The molecule has 1 atom stereocenters. The zero-order chi connectivity index (χ0) is 8.81. The van der Waals surface area contributed by atoms with Gasteiger partial charge in [0.05, 0.1) is 6.10 Å². The highest BCUT2D eigenvalue weighted by Crippen LogP contribution is 2.19. The van der Waals surface area contributed by atoms with E-state index in [1.165, 1.54) is 25.7 Å². The van der Waals surface area contributed by atoms with E-state index in [4.69, 9.17) is 11.6 Å². The second-order valence-electron chi connectivity index (χ2n) is 3.49. The molecule has 1 rings (SSSR count). The van der Waals surface area contributed by atoms with E-state index in [1.807, 2.05) is 0 Å². The van der Waals surface area contributed by atoms with Gasteiger partial charge < -0.3 is 5.11 Å². The van der Waals surface area contributed by atoms with E-state index >= 15 is 0 Å². The van der Waals surface area contributed by atoms with Gasteiger partial charge in [-0.2, -0.15) is 0 Å². The second kappa shape index (κ2) is 5.60. The number of halogens is 1. The van der Waals surface area contributed by atoms with E-state index in [-0.39, 0.29) is 6.10 Å². The summed E-state index contributed by atoms with van der Waals surface area (Å²) in [6.45, 7) is 0. The van der Waals surface area contributed by atoms with E-state index in [0.717, 1.165) is 24.3 Å². The van der Waals surface area contributed by atoms with Crippen LogP contribution in [0.25, 0.3) is 0 Å². The largest absolute Gasteiger partial charge is 0.389 e. The van der Waals surface area contributed by atoms with Crippen LogP contribution >= 0.6 is 11.6 Å². The summed E-state index contributed by atoms with van der Waals surface area (Å²) in [5, 5.41) is 10.3. The number of hydrogen-bond acceptors (Lipinski definition) is 1. The monoisotopic (exact) mass is 188 g/mol. The van der Waals surface area contributed by atoms with Crippen LogP contribution in [0.3, 0.4) is 0 Å². The van der Waals surface area contributed by atoms with Gasteiger partial charge in [0, 0.05) is 5.03 Å². The van der Waals surface area contributed by atoms with Crippen molar-refractivity contribution in [2.75, 3.05) is 0 Å². The maximum absolute atomic E-state index is 9.44. The van der Waals surface area contributed by atoms with Crippen molar-refractivity contribution < 1.29 is 5.11 Å². The molecule has 0 heterocycles. The Kier molecular flexibility index (Phi) is 4.70. The van der Waals surface area contributed by atoms with Gasteiger partial charge in [0.25, 0.3) is 0 Å². The molecule has 1 N–H and O–H groups in total. The molecule has 0 saturated heterocycles. The SMILES string of the molecule is OC1/C=C(\Cl)CCCCCCC1. The molecule has 1 aliphatic rings. The summed E-state index contributed by atoms with van der Waals surface area (Å²) in [6, 6.07) is 0. The Morgan fingerprint density at radius 1 is 1.17 bits per heavy atom. The van der Waals surface area contributed by atoms with Crippen molar-refractivity contribution in [3.8, 4) is 0 Å². The summed E-state index contributed by atoms with van der Waals surface area (Å²) in [7, 11) is 0. The van der Waals surface area contributed by atoms with Crippen LogP contribution < -0.4 is 0 Å². The fourth-order valence-electron chi connectivity index (χ4n) is 1.55. The Labute approximate surface area is 79.4 Å². The summed E-state index contributed by atoms with van der Waals surface area (Å²) in [5.74, 6) is 0. The first-order valence-electron chi connectivity index (χ1n) is 4.83. The summed E-state index contributed by atoms with van der Waals surface area (Å²) in [5.41, 5.74) is 0. The molecular formula is C10H17ClO. The number of aliphatic hydroxyl groups excluding tert-OH is 1. The molecule has 0 aromatic carbocycles. The summed E-state index contributed by atoms with van der Waals surface area (Å²) >= 11 is 5.92. The minimum atomic E-state index is -0.310. The topological polar surface area (TPSA) is 20.2 Å². The van der Waals surface area contributed by atoms with Crippen LogP contribution in [0.1, 0.15) is 44.9 Å². The summed E-state index contributed by atoms with van der Waals surface area (Å²) in [4.78, 5) is 0. The van der Waals surface area contributed by atoms with Crippen LogP contribution in [0.4, 0.5) is 0 Å². The molecule has 2 heteroatoms. The Morgan fingerprint density at radius 2 is 1.83 bits per heavy atom. The lowest BCUT2D eigenvalue weighted by Gasteiger charge is -2.09. The molecule has 0 spiro atoms. The Balaban J connectivity index is 2.41. The summed E-state index contributed by atoms with van der Waals surface area (Å²) in [6.07, 6.45) is 9.42. The van der Waals surface area contributed by atoms with Crippen LogP contribution in [0, 0.1) is 0 Å². The Morgan fingerprint density at radius 3 is 2.67 bits per heavy atom.